The van der Waals surface area contributed by atoms with E-state index in [0.29, 0.717) is 29.2 Å². The lowest BCUT2D eigenvalue weighted by Gasteiger charge is -2.20. The molecule has 0 fully saturated rings. The van der Waals surface area contributed by atoms with Crippen LogP contribution in [-0.2, 0) is 16.0 Å². The third-order valence-corrected chi connectivity index (χ3v) is 5.63. The van der Waals surface area contributed by atoms with Crippen molar-refractivity contribution in [3.05, 3.63) is 71.3 Å². The van der Waals surface area contributed by atoms with Gasteiger partial charge in [0.15, 0.2) is 0 Å². The van der Waals surface area contributed by atoms with Crippen LogP contribution in [0.25, 0.3) is 0 Å². The molecule has 0 bridgehead atoms. The Hall–Kier alpha value is -4.16. The highest BCUT2D eigenvalue weighted by atomic mass is 16.5. The van der Waals surface area contributed by atoms with Crippen molar-refractivity contribution in [3.8, 4) is 17.6 Å². The van der Waals surface area contributed by atoms with Gasteiger partial charge in [0.25, 0.3) is 11.8 Å². The summed E-state index contributed by atoms with van der Waals surface area (Å²) in [5, 5.41) is 9.48. The number of anilines is 1. The predicted molar refractivity (Wildman–Crippen MR) is 130 cm³/mol. The summed E-state index contributed by atoms with van der Waals surface area (Å²) in [4.78, 5) is 31.6. The third-order valence-electron chi connectivity index (χ3n) is 5.63. The first-order chi connectivity index (χ1) is 16.8. The number of nitrogens with zero attached hydrogens (tertiary/aromatic N) is 3. The van der Waals surface area contributed by atoms with E-state index >= 15 is 0 Å². The topological polar surface area (TPSA) is 109 Å². The maximum atomic E-state index is 13.1. The quantitative estimate of drug-likeness (QED) is 0.551. The minimum absolute atomic E-state index is 0.0229. The van der Waals surface area contributed by atoms with E-state index in [1.807, 2.05) is 50.2 Å². The Labute approximate surface area is 203 Å². The van der Waals surface area contributed by atoms with E-state index in [-0.39, 0.29) is 18.3 Å². The van der Waals surface area contributed by atoms with Gasteiger partial charge in [0.1, 0.15) is 29.8 Å². The molecule has 2 amide bonds. The van der Waals surface area contributed by atoms with Crippen molar-refractivity contribution in [1.29, 1.82) is 0 Å². The fourth-order valence-electron chi connectivity index (χ4n) is 3.44. The van der Waals surface area contributed by atoms with Gasteiger partial charge in [0, 0.05) is 26.1 Å². The average Bonchev–Trinajstić information content (AvgIpc) is 3.29. The molecule has 2 heterocycles. The van der Waals surface area contributed by atoms with Crippen molar-refractivity contribution in [2.24, 2.45) is 0 Å². The summed E-state index contributed by atoms with van der Waals surface area (Å²) in [7, 11) is 3.24. The highest BCUT2D eigenvalue weighted by Crippen LogP contribution is 2.31. The molecule has 1 aliphatic heterocycles. The maximum absolute atomic E-state index is 13.1. The zero-order valence-corrected chi connectivity index (χ0v) is 20.1. The van der Waals surface area contributed by atoms with Crippen LogP contribution in [-0.4, -0.2) is 59.4 Å². The first-order valence-electron chi connectivity index (χ1n) is 11.1. The van der Waals surface area contributed by atoms with E-state index in [9.17, 15) is 9.59 Å². The van der Waals surface area contributed by atoms with Gasteiger partial charge >= 0.3 is 0 Å². The standard InChI is InChI=1S/C26H27N5O4/c1-26(2,34-4)13-12-18-10-11-21-20(14-18)31(3)25(33)19(16-35-21)27-24(32)23-28-22(29-30-23)15-17-8-6-5-7-9-17/h5-11,14,19H,15-16H2,1-4H3,(H,27,32)(H,28,29,30). The number of benzene rings is 2. The Bertz CT molecular complexity index is 1290. The molecule has 1 unspecified atom stereocenters. The second-order valence-electron chi connectivity index (χ2n) is 8.65. The molecule has 3 aromatic rings. The number of hydrogen-bond acceptors (Lipinski definition) is 6. The number of rotatable bonds is 5. The molecule has 0 saturated carbocycles. The van der Waals surface area contributed by atoms with Crippen LogP contribution in [0.15, 0.2) is 48.5 Å². The number of likely N-dealkylation sites (N-methyl/N-ethyl adjacent to an activating group) is 1. The SMILES string of the molecule is COC(C)(C)C#Cc1ccc2c(c1)N(C)C(=O)C(NC(=O)c1n[nH]c(Cc3ccccc3)n1)CO2. The largest absolute Gasteiger partial charge is 0.489 e. The maximum Gasteiger partial charge on any atom is 0.291 e. The molecule has 9 heteroatoms. The first-order valence-corrected chi connectivity index (χ1v) is 11.1. The zero-order valence-electron chi connectivity index (χ0n) is 20.1. The van der Waals surface area contributed by atoms with Gasteiger partial charge in [0.2, 0.25) is 5.82 Å². The predicted octanol–water partition coefficient (Wildman–Crippen LogP) is 2.33. The Morgan fingerprint density at radius 2 is 2.06 bits per heavy atom. The minimum atomic E-state index is -0.905. The van der Waals surface area contributed by atoms with Crippen LogP contribution in [0.1, 0.15) is 41.4 Å². The van der Waals surface area contributed by atoms with Crippen LogP contribution < -0.4 is 15.0 Å². The van der Waals surface area contributed by atoms with Crippen LogP contribution in [0.2, 0.25) is 0 Å². The second kappa shape index (κ2) is 9.99. The minimum Gasteiger partial charge on any atom is -0.489 e. The molecular formula is C26H27N5O4. The van der Waals surface area contributed by atoms with Crippen molar-refractivity contribution in [2.45, 2.75) is 31.9 Å². The van der Waals surface area contributed by atoms with E-state index in [4.69, 9.17) is 9.47 Å². The van der Waals surface area contributed by atoms with E-state index in [1.54, 1.807) is 26.3 Å². The lowest BCUT2D eigenvalue weighted by Crippen LogP contribution is -2.49. The smallest absolute Gasteiger partial charge is 0.291 e. The number of carbonyl (C=O) groups excluding carboxylic acids is 2. The number of amides is 2. The number of fused-ring (bicyclic) bond motifs is 1. The summed E-state index contributed by atoms with van der Waals surface area (Å²) in [6.45, 7) is 3.72. The summed E-state index contributed by atoms with van der Waals surface area (Å²) in [5.74, 6) is 6.29. The highest BCUT2D eigenvalue weighted by Gasteiger charge is 2.31. The number of nitrogens with one attached hydrogen (secondary N) is 2. The van der Waals surface area contributed by atoms with Gasteiger partial charge in [-0.15, -0.1) is 5.10 Å². The van der Waals surface area contributed by atoms with Gasteiger partial charge in [-0.1, -0.05) is 42.2 Å². The molecule has 1 aliphatic rings. The number of methoxy groups -OCH3 is 1. The molecule has 0 spiro atoms. The van der Waals surface area contributed by atoms with Gasteiger partial charge < -0.3 is 19.7 Å². The molecule has 2 aromatic carbocycles. The molecular weight excluding hydrogens is 446 g/mol. The number of carbonyl (C=O) groups is 2. The molecule has 0 aliphatic carbocycles. The summed E-state index contributed by atoms with van der Waals surface area (Å²) in [5.41, 5.74) is 1.72. The number of hydrogen-bond donors (Lipinski definition) is 2. The van der Waals surface area contributed by atoms with Crippen LogP contribution >= 0.6 is 0 Å². The van der Waals surface area contributed by atoms with Crippen LogP contribution in [0, 0.1) is 11.8 Å². The van der Waals surface area contributed by atoms with Gasteiger partial charge in [0.05, 0.1) is 5.69 Å². The van der Waals surface area contributed by atoms with Gasteiger partial charge in [-0.2, -0.15) is 0 Å². The Kier molecular flexibility index (Phi) is 6.85. The van der Waals surface area contributed by atoms with Crippen LogP contribution in [0.5, 0.6) is 5.75 Å². The molecule has 2 N–H and O–H groups in total. The summed E-state index contributed by atoms with van der Waals surface area (Å²) in [6, 6.07) is 14.2. The average molecular weight is 474 g/mol. The molecule has 0 saturated heterocycles. The normalized spacial score (nSPS) is 15.4. The molecule has 1 aromatic heterocycles. The second-order valence-corrected chi connectivity index (χ2v) is 8.65. The molecule has 180 valence electrons. The fourth-order valence-corrected chi connectivity index (χ4v) is 3.44. The van der Waals surface area contributed by atoms with Crippen molar-refractivity contribution in [1.82, 2.24) is 20.5 Å². The van der Waals surface area contributed by atoms with Crippen molar-refractivity contribution in [2.75, 3.05) is 25.7 Å². The molecule has 35 heavy (non-hydrogen) atoms. The molecule has 4 rings (SSSR count). The summed E-state index contributed by atoms with van der Waals surface area (Å²) >= 11 is 0. The summed E-state index contributed by atoms with van der Waals surface area (Å²) < 4.78 is 11.2. The number of aromatic nitrogens is 3. The fraction of sp³-hybridized carbons (Fsp3) is 0.308. The monoisotopic (exact) mass is 473 g/mol. The van der Waals surface area contributed by atoms with Crippen molar-refractivity contribution >= 4 is 17.5 Å². The Balaban J connectivity index is 1.46. The Morgan fingerprint density at radius 3 is 2.80 bits per heavy atom. The van der Waals surface area contributed by atoms with E-state index in [0.717, 1.165) is 5.56 Å². The lowest BCUT2D eigenvalue weighted by molar-refractivity contribution is -0.120. The van der Waals surface area contributed by atoms with Gasteiger partial charge in [-0.05, 0) is 37.6 Å². The van der Waals surface area contributed by atoms with Crippen LogP contribution in [0.4, 0.5) is 5.69 Å². The Morgan fingerprint density at radius 1 is 1.29 bits per heavy atom. The molecule has 1 atom stereocenters. The number of H-pyrrole nitrogens is 1. The molecule has 0 radical (unpaired) electrons. The number of ether oxygens (including phenoxy) is 2. The van der Waals surface area contributed by atoms with Crippen LogP contribution in [0.3, 0.4) is 0 Å². The first kappa shape index (κ1) is 24.0. The zero-order chi connectivity index (χ0) is 25.0. The van der Waals surface area contributed by atoms with Gasteiger partial charge in [-0.3, -0.25) is 14.7 Å². The van der Waals surface area contributed by atoms with Crippen molar-refractivity contribution < 1.29 is 19.1 Å². The summed E-state index contributed by atoms with van der Waals surface area (Å²) in [6.07, 6.45) is 0.511. The number of aromatic amines is 1. The van der Waals surface area contributed by atoms with E-state index < -0.39 is 17.6 Å². The van der Waals surface area contributed by atoms with Crippen molar-refractivity contribution in [3.63, 3.8) is 0 Å². The highest BCUT2D eigenvalue weighted by molar-refractivity contribution is 6.02. The van der Waals surface area contributed by atoms with Gasteiger partial charge in [-0.25, -0.2) is 4.98 Å². The lowest BCUT2D eigenvalue weighted by atomic mass is 10.1. The van der Waals surface area contributed by atoms with E-state index in [2.05, 4.69) is 32.3 Å². The van der Waals surface area contributed by atoms with E-state index in [1.165, 1.54) is 4.90 Å². The third kappa shape index (κ3) is 5.67. The molecule has 9 nitrogen and oxygen atoms in total.